The largest absolute Gasteiger partial charge is 0.315 e. The highest BCUT2D eigenvalue weighted by Crippen LogP contribution is 2.36. The quantitative estimate of drug-likeness (QED) is 0.928. The van der Waals surface area contributed by atoms with Gasteiger partial charge in [-0.15, -0.1) is 0 Å². The highest BCUT2D eigenvalue weighted by atomic mass is 32.2. The number of hydrogen-bond acceptors (Lipinski definition) is 4. The Hall–Kier alpha value is -0.660. The zero-order chi connectivity index (χ0) is 14.3. The van der Waals surface area contributed by atoms with Gasteiger partial charge in [0.25, 0.3) is 10.0 Å². The first kappa shape index (κ1) is 14.7. The SMILES string of the molecule is CCC1(C)CCN(S(=O)(=O)c2sc(=O)[nH]c2C)CC1. The molecule has 0 atom stereocenters. The molecule has 0 amide bonds. The van der Waals surface area contributed by atoms with Gasteiger partial charge in [0.05, 0.1) is 0 Å². The Morgan fingerprint density at radius 3 is 2.37 bits per heavy atom. The van der Waals surface area contributed by atoms with E-state index in [-0.39, 0.29) is 14.5 Å². The molecular weight excluding hydrogens is 284 g/mol. The number of piperidine rings is 1. The van der Waals surface area contributed by atoms with Crippen LogP contribution in [-0.2, 0) is 10.0 Å². The summed E-state index contributed by atoms with van der Waals surface area (Å²) in [6.45, 7) is 7.06. The lowest BCUT2D eigenvalue weighted by Crippen LogP contribution is -2.41. The van der Waals surface area contributed by atoms with E-state index in [1.54, 1.807) is 6.92 Å². The van der Waals surface area contributed by atoms with Crippen LogP contribution >= 0.6 is 11.3 Å². The summed E-state index contributed by atoms with van der Waals surface area (Å²) in [6.07, 6.45) is 2.82. The Morgan fingerprint density at radius 2 is 1.95 bits per heavy atom. The summed E-state index contributed by atoms with van der Waals surface area (Å²) < 4.78 is 26.7. The van der Waals surface area contributed by atoms with Gasteiger partial charge in [-0.25, -0.2) is 8.42 Å². The van der Waals surface area contributed by atoms with Crippen molar-refractivity contribution in [2.45, 2.75) is 44.2 Å². The van der Waals surface area contributed by atoms with Crippen molar-refractivity contribution in [3.8, 4) is 0 Å². The molecule has 1 aliphatic rings. The minimum absolute atomic E-state index is 0.164. The number of aromatic amines is 1. The number of sulfonamides is 1. The molecule has 0 aliphatic carbocycles. The van der Waals surface area contributed by atoms with E-state index in [9.17, 15) is 13.2 Å². The Morgan fingerprint density at radius 1 is 1.37 bits per heavy atom. The molecule has 0 bridgehead atoms. The zero-order valence-electron chi connectivity index (χ0n) is 11.5. The van der Waals surface area contributed by atoms with Crippen molar-refractivity contribution in [3.05, 3.63) is 15.4 Å². The molecule has 2 rings (SSSR count). The summed E-state index contributed by atoms with van der Waals surface area (Å²) in [5, 5.41) is 0. The predicted octanol–water partition coefficient (Wildman–Crippen LogP) is 1.95. The molecule has 7 heteroatoms. The monoisotopic (exact) mass is 304 g/mol. The van der Waals surface area contributed by atoms with E-state index in [4.69, 9.17) is 0 Å². The minimum atomic E-state index is -3.51. The van der Waals surface area contributed by atoms with Gasteiger partial charge in [-0.2, -0.15) is 4.31 Å². The molecule has 0 radical (unpaired) electrons. The van der Waals surface area contributed by atoms with Gasteiger partial charge in [-0.1, -0.05) is 31.6 Å². The highest BCUT2D eigenvalue weighted by molar-refractivity contribution is 7.91. The first-order chi connectivity index (χ1) is 8.78. The Kier molecular flexibility index (Phi) is 3.90. The van der Waals surface area contributed by atoms with Gasteiger partial charge in [0.1, 0.15) is 0 Å². The maximum absolute atomic E-state index is 12.5. The van der Waals surface area contributed by atoms with Crippen molar-refractivity contribution in [1.82, 2.24) is 9.29 Å². The third-order valence-electron chi connectivity index (χ3n) is 4.14. The van der Waals surface area contributed by atoms with E-state index in [0.29, 0.717) is 18.8 Å². The first-order valence-electron chi connectivity index (χ1n) is 6.48. The number of thiazole rings is 1. The second-order valence-corrected chi connectivity index (χ2v) is 8.61. The fourth-order valence-electron chi connectivity index (χ4n) is 2.37. The normalized spacial score (nSPS) is 20.6. The van der Waals surface area contributed by atoms with Gasteiger partial charge in [0, 0.05) is 18.8 Å². The second kappa shape index (κ2) is 5.03. The number of nitrogens with zero attached hydrogens (tertiary/aromatic N) is 1. The molecule has 0 spiro atoms. The molecule has 108 valence electrons. The van der Waals surface area contributed by atoms with Gasteiger partial charge in [-0.05, 0) is 25.2 Å². The Balaban J connectivity index is 2.23. The van der Waals surface area contributed by atoms with E-state index < -0.39 is 10.0 Å². The van der Waals surface area contributed by atoms with Crippen molar-refractivity contribution in [2.24, 2.45) is 5.41 Å². The third kappa shape index (κ3) is 2.78. The summed E-state index contributed by atoms with van der Waals surface area (Å²) in [7, 11) is -3.51. The summed E-state index contributed by atoms with van der Waals surface area (Å²) in [5.41, 5.74) is 0.686. The zero-order valence-corrected chi connectivity index (χ0v) is 13.2. The Bertz CT molecular complexity index is 607. The topological polar surface area (TPSA) is 70.2 Å². The molecule has 1 aromatic rings. The van der Waals surface area contributed by atoms with Crippen molar-refractivity contribution >= 4 is 21.4 Å². The van der Waals surface area contributed by atoms with E-state index in [1.165, 1.54) is 4.31 Å². The predicted molar refractivity (Wildman–Crippen MR) is 76.1 cm³/mol. The summed E-state index contributed by atoms with van der Waals surface area (Å²) in [5.74, 6) is 0. The van der Waals surface area contributed by atoms with Crippen LogP contribution in [-0.4, -0.2) is 30.8 Å². The van der Waals surface area contributed by atoms with E-state index in [0.717, 1.165) is 30.6 Å². The van der Waals surface area contributed by atoms with Gasteiger partial charge < -0.3 is 4.98 Å². The van der Waals surface area contributed by atoms with Crippen molar-refractivity contribution < 1.29 is 8.42 Å². The third-order valence-corrected chi connectivity index (χ3v) is 7.62. The fourth-order valence-corrected chi connectivity index (χ4v) is 5.25. The molecule has 19 heavy (non-hydrogen) atoms. The van der Waals surface area contributed by atoms with Crippen LogP contribution in [0.1, 0.15) is 38.8 Å². The number of aromatic nitrogens is 1. The molecule has 1 aromatic heterocycles. The van der Waals surface area contributed by atoms with Gasteiger partial charge in [0.15, 0.2) is 4.21 Å². The molecule has 0 aromatic carbocycles. The molecule has 0 unspecified atom stereocenters. The lowest BCUT2D eigenvalue weighted by Gasteiger charge is -2.37. The van der Waals surface area contributed by atoms with Crippen LogP contribution in [0, 0.1) is 12.3 Å². The standard InChI is InChI=1S/C12H20N2O3S2/c1-4-12(3)5-7-14(8-6-12)19(16,17)10-9(2)13-11(15)18-10/h4-8H2,1-3H3,(H,13,15). The maximum Gasteiger partial charge on any atom is 0.305 e. The first-order valence-corrected chi connectivity index (χ1v) is 8.74. The molecule has 1 aliphatic heterocycles. The second-order valence-electron chi connectivity index (χ2n) is 5.50. The number of rotatable bonds is 3. The average molecular weight is 304 g/mol. The molecular formula is C12H20N2O3S2. The van der Waals surface area contributed by atoms with Gasteiger partial charge in [-0.3, -0.25) is 4.79 Å². The van der Waals surface area contributed by atoms with Crippen LogP contribution in [0.3, 0.4) is 0 Å². The van der Waals surface area contributed by atoms with Crippen LogP contribution in [0.15, 0.2) is 9.00 Å². The average Bonchev–Trinajstić information content (AvgIpc) is 2.70. The molecule has 1 saturated heterocycles. The lowest BCUT2D eigenvalue weighted by atomic mass is 9.79. The number of H-pyrrole nitrogens is 1. The molecule has 1 N–H and O–H groups in total. The van der Waals surface area contributed by atoms with Gasteiger partial charge >= 0.3 is 4.87 Å². The van der Waals surface area contributed by atoms with Crippen molar-refractivity contribution in [1.29, 1.82) is 0 Å². The van der Waals surface area contributed by atoms with E-state index >= 15 is 0 Å². The van der Waals surface area contributed by atoms with E-state index in [1.807, 2.05) is 0 Å². The summed E-state index contributed by atoms with van der Waals surface area (Å²) >= 11 is 0.780. The molecule has 0 saturated carbocycles. The highest BCUT2D eigenvalue weighted by Gasteiger charge is 2.35. The molecule has 1 fully saturated rings. The fraction of sp³-hybridized carbons (Fsp3) is 0.750. The van der Waals surface area contributed by atoms with Crippen molar-refractivity contribution in [3.63, 3.8) is 0 Å². The number of nitrogens with one attached hydrogen (secondary N) is 1. The number of aryl methyl sites for hydroxylation is 1. The Labute approximate surface area is 117 Å². The van der Waals surface area contributed by atoms with Crippen LogP contribution in [0.5, 0.6) is 0 Å². The van der Waals surface area contributed by atoms with Crippen LogP contribution in [0.25, 0.3) is 0 Å². The van der Waals surface area contributed by atoms with E-state index in [2.05, 4.69) is 18.8 Å². The smallest absolute Gasteiger partial charge is 0.305 e. The van der Waals surface area contributed by atoms with Crippen LogP contribution in [0.2, 0.25) is 0 Å². The minimum Gasteiger partial charge on any atom is -0.315 e. The van der Waals surface area contributed by atoms with Gasteiger partial charge in [0.2, 0.25) is 0 Å². The van der Waals surface area contributed by atoms with Crippen LogP contribution < -0.4 is 4.87 Å². The maximum atomic E-state index is 12.5. The lowest BCUT2D eigenvalue weighted by molar-refractivity contribution is 0.169. The number of hydrogen-bond donors (Lipinski definition) is 1. The van der Waals surface area contributed by atoms with Crippen LogP contribution in [0.4, 0.5) is 0 Å². The van der Waals surface area contributed by atoms with Crippen molar-refractivity contribution in [2.75, 3.05) is 13.1 Å². The molecule has 2 heterocycles. The summed E-state index contributed by atoms with van der Waals surface area (Å²) in [6, 6.07) is 0. The summed E-state index contributed by atoms with van der Waals surface area (Å²) in [4.78, 5) is 13.5. The molecule has 5 nitrogen and oxygen atoms in total.